The van der Waals surface area contributed by atoms with Crippen LogP contribution in [-0.2, 0) is 14.8 Å². The van der Waals surface area contributed by atoms with Crippen molar-refractivity contribution in [3.63, 3.8) is 0 Å². The van der Waals surface area contributed by atoms with Crippen LogP contribution in [0.1, 0.15) is 18.4 Å². The third-order valence-corrected chi connectivity index (χ3v) is 8.02. The Labute approximate surface area is 156 Å². The van der Waals surface area contributed by atoms with Crippen molar-refractivity contribution < 1.29 is 13.2 Å². The van der Waals surface area contributed by atoms with Crippen LogP contribution in [0.5, 0.6) is 0 Å². The highest BCUT2D eigenvalue weighted by Gasteiger charge is 2.33. The minimum absolute atomic E-state index is 0.170. The van der Waals surface area contributed by atoms with Crippen molar-refractivity contribution in [1.82, 2.24) is 4.31 Å². The Morgan fingerprint density at radius 1 is 1.32 bits per heavy atom. The van der Waals surface area contributed by atoms with E-state index in [0.717, 1.165) is 5.56 Å². The largest absolute Gasteiger partial charge is 0.326 e. The quantitative estimate of drug-likeness (QED) is 0.852. The van der Waals surface area contributed by atoms with E-state index in [1.807, 2.05) is 6.92 Å². The summed E-state index contributed by atoms with van der Waals surface area (Å²) in [4.78, 5) is 12.6. The zero-order valence-corrected chi connectivity index (χ0v) is 16.1. The van der Waals surface area contributed by atoms with E-state index in [4.69, 9.17) is 11.6 Å². The number of anilines is 1. The van der Waals surface area contributed by atoms with Crippen molar-refractivity contribution >= 4 is 44.6 Å². The van der Waals surface area contributed by atoms with Gasteiger partial charge in [0.25, 0.3) is 10.0 Å². The van der Waals surface area contributed by atoms with E-state index in [0.29, 0.717) is 34.3 Å². The summed E-state index contributed by atoms with van der Waals surface area (Å²) in [5, 5.41) is 5.21. The van der Waals surface area contributed by atoms with Crippen LogP contribution in [0.4, 0.5) is 5.69 Å². The highest BCUT2D eigenvalue weighted by Crippen LogP contribution is 2.28. The number of hydrogen-bond acceptors (Lipinski definition) is 4. The van der Waals surface area contributed by atoms with Crippen LogP contribution < -0.4 is 5.32 Å². The number of nitrogens with zero attached hydrogens (tertiary/aromatic N) is 1. The number of piperidine rings is 1. The van der Waals surface area contributed by atoms with E-state index in [1.165, 1.54) is 15.6 Å². The van der Waals surface area contributed by atoms with Crippen LogP contribution in [0.15, 0.2) is 39.9 Å². The lowest BCUT2D eigenvalue weighted by molar-refractivity contribution is -0.120. The summed E-state index contributed by atoms with van der Waals surface area (Å²) in [7, 11) is -3.52. The second-order valence-corrected chi connectivity index (χ2v) is 9.56. The van der Waals surface area contributed by atoms with Crippen molar-refractivity contribution in [2.24, 2.45) is 5.92 Å². The second-order valence-electron chi connectivity index (χ2n) is 6.04. The number of rotatable bonds is 4. The lowest BCUT2D eigenvalue weighted by atomic mass is 9.98. The van der Waals surface area contributed by atoms with Gasteiger partial charge in [0, 0.05) is 23.8 Å². The van der Waals surface area contributed by atoms with Crippen molar-refractivity contribution in [3.8, 4) is 0 Å². The fourth-order valence-electron chi connectivity index (χ4n) is 2.89. The fourth-order valence-corrected chi connectivity index (χ4v) is 5.73. The molecule has 1 N–H and O–H groups in total. The number of sulfonamides is 1. The molecule has 1 aliphatic heterocycles. The zero-order chi connectivity index (χ0) is 18.0. The van der Waals surface area contributed by atoms with E-state index < -0.39 is 10.0 Å². The second kappa shape index (κ2) is 7.45. The van der Waals surface area contributed by atoms with Crippen LogP contribution in [0.3, 0.4) is 0 Å². The van der Waals surface area contributed by atoms with Gasteiger partial charge in [-0.05, 0) is 48.9 Å². The van der Waals surface area contributed by atoms with Gasteiger partial charge in [0.15, 0.2) is 0 Å². The first-order valence-corrected chi connectivity index (χ1v) is 10.7. The molecule has 0 radical (unpaired) electrons. The summed E-state index contributed by atoms with van der Waals surface area (Å²) in [6.45, 7) is 2.48. The number of halogens is 1. The van der Waals surface area contributed by atoms with E-state index >= 15 is 0 Å². The molecule has 1 atom stereocenters. The zero-order valence-electron chi connectivity index (χ0n) is 13.7. The Morgan fingerprint density at radius 2 is 2.12 bits per heavy atom. The molecule has 2 aromatic rings. The van der Waals surface area contributed by atoms with Crippen molar-refractivity contribution in [1.29, 1.82) is 0 Å². The third-order valence-electron chi connectivity index (χ3n) is 4.37. The maximum Gasteiger partial charge on any atom is 0.252 e. The van der Waals surface area contributed by atoms with E-state index in [1.54, 1.807) is 35.7 Å². The molecule has 0 saturated carbocycles. The molecule has 1 unspecified atom stereocenters. The maximum atomic E-state index is 12.7. The summed E-state index contributed by atoms with van der Waals surface area (Å²) < 4.78 is 27.1. The van der Waals surface area contributed by atoms with Gasteiger partial charge in [0.2, 0.25) is 5.91 Å². The average Bonchev–Trinajstić information content (AvgIpc) is 3.14. The van der Waals surface area contributed by atoms with Gasteiger partial charge in [0.1, 0.15) is 4.21 Å². The summed E-state index contributed by atoms with van der Waals surface area (Å²) in [6.07, 6.45) is 1.33. The Bertz CT molecular complexity index is 866. The highest BCUT2D eigenvalue weighted by atomic mass is 35.5. The van der Waals surface area contributed by atoms with Crippen molar-refractivity contribution in [3.05, 3.63) is 46.3 Å². The molecule has 25 heavy (non-hydrogen) atoms. The Balaban J connectivity index is 1.73. The molecule has 3 rings (SSSR count). The summed E-state index contributed by atoms with van der Waals surface area (Å²) in [5.74, 6) is -0.543. The lowest BCUT2D eigenvalue weighted by Gasteiger charge is -2.31. The van der Waals surface area contributed by atoms with Crippen LogP contribution in [0.2, 0.25) is 5.02 Å². The van der Waals surface area contributed by atoms with E-state index in [-0.39, 0.29) is 18.4 Å². The molecule has 134 valence electrons. The maximum absolute atomic E-state index is 12.7. The highest BCUT2D eigenvalue weighted by molar-refractivity contribution is 7.91. The SMILES string of the molecule is Cc1c(Cl)cccc1NC(=O)C1CCCN(S(=O)(=O)c2cccs2)C1. The minimum atomic E-state index is -3.52. The van der Waals surface area contributed by atoms with Crippen molar-refractivity contribution in [2.75, 3.05) is 18.4 Å². The van der Waals surface area contributed by atoms with Gasteiger partial charge in [-0.25, -0.2) is 8.42 Å². The number of benzene rings is 1. The molecule has 0 spiro atoms. The summed E-state index contributed by atoms with van der Waals surface area (Å²) in [5.41, 5.74) is 1.46. The first-order valence-electron chi connectivity index (χ1n) is 7.99. The molecular formula is C17H19ClN2O3S2. The Hall–Kier alpha value is -1.41. The molecule has 1 aromatic heterocycles. The number of thiophene rings is 1. The monoisotopic (exact) mass is 398 g/mol. The number of hydrogen-bond donors (Lipinski definition) is 1. The molecule has 8 heteroatoms. The molecule has 0 bridgehead atoms. The Kier molecular flexibility index (Phi) is 5.48. The van der Waals surface area contributed by atoms with Crippen LogP contribution in [0, 0.1) is 12.8 Å². The molecule has 0 aliphatic carbocycles. The van der Waals surface area contributed by atoms with E-state index in [9.17, 15) is 13.2 Å². The van der Waals surface area contributed by atoms with Crippen molar-refractivity contribution in [2.45, 2.75) is 24.0 Å². The first-order chi connectivity index (χ1) is 11.9. The molecule has 1 saturated heterocycles. The molecule has 1 fully saturated rings. The summed E-state index contributed by atoms with van der Waals surface area (Å²) in [6, 6.07) is 8.65. The predicted molar refractivity (Wildman–Crippen MR) is 101 cm³/mol. The molecule has 2 heterocycles. The molecule has 1 aromatic carbocycles. The molecule has 1 aliphatic rings. The first kappa shape index (κ1) is 18.4. The lowest BCUT2D eigenvalue weighted by Crippen LogP contribution is -2.43. The van der Waals surface area contributed by atoms with Crippen LogP contribution in [-0.4, -0.2) is 31.7 Å². The minimum Gasteiger partial charge on any atom is -0.326 e. The number of carbonyl (C=O) groups excluding carboxylic acids is 1. The van der Waals surface area contributed by atoms with Gasteiger partial charge < -0.3 is 5.32 Å². The number of carbonyl (C=O) groups is 1. The normalized spacial score (nSPS) is 18.9. The average molecular weight is 399 g/mol. The summed E-state index contributed by atoms with van der Waals surface area (Å²) >= 11 is 7.28. The third kappa shape index (κ3) is 3.89. The van der Waals surface area contributed by atoms with Crippen LogP contribution in [0.25, 0.3) is 0 Å². The topological polar surface area (TPSA) is 66.5 Å². The van der Waals surface area contributed by atoms with Gasteiger partial charge in [-0.1, -0.05) is 23.7 Å². The number of amides is 1. The predicted octanol–water partition coefficient (Wildman–Crippen LogP) is 3.75. The molecule has 1 amide bonds. The smallest absolute Gasteiger partial charge is 0.252 e. The molecule has 5 nitrogen and oxygen atoms in total. The van der Waals surface area contributed by atoms with Gasteiger partial charge >= 0.3 is 0 Å². The standard InChI is InChI=1S/C17H19ClN2O3S2/c1-12-14(18)6-2-7-15(12)19-17(21)13-5-3-9-20(11-13)25(22,23)16-8-4-10-24-16/h2,4,6-8,10,13H,3,5,9,11H2,1H3,(H,19,21). The molecular weight excluding hydrogens is 380 g/mol. The fraction of sp³-hybridized carbons (Fsp3) is 0.353. The Morgan fingerprint density at radius 3 is 2.84 bits per heavy atom. The van der Waals surface area contributed by atoms with Gasteiger partial charge in [0.05, 0.1) is 5.92 Å². The van der Waals surface area contributed by atoms with Gasteiger partial charge in [-0.15, -0.1) is 11.3 Å². The van der Waals surface area contributed by atoms with E-state index in [2.05, 4.69) is 5.32 Å². The van der Waals surface area contributed by atoms with Gasteiger partial charge in [-0.3, -0.25) is 4.79 Å². The van der Waals surface area contributed by atoms with Crippen LogP contribution >= 0.6 is 22.9 Å². The number of nitrogens with one attached hydrogen (secondary N) is 1. The van der Waals surface area contributed by atoms with Gasteiger partial charge in [-0.2, -0.15) is 4.31 Å².